The van der Waals surface area contributed by atoms with Crippen LogP contribution in [-0.4, -0.2) is 55.8 Å². The van der Waals surface area contributed by atoms with Crippen molar-refractivity contribution in [2.75, 3.05) is 26.8 Å². The molecule has 138 valence electrons. The highest BCUT2D eigenvalue weighted by Gasteiger charge is 2.30. The first kappa shape index (κ1) is 18.1. The summed E-state index contributed by atoms with van der Waals surface area (Å²) in [6, 6.07) is 6.38. The number of ether oxygens (including phenoxy) is 2. The molecular weight excluding hydrogens is 323 g/mol. The lowest BCUT2D eigenvalue weighted by Gasteiger charge is -2.33. The van der Waals surface area contributed by atoms with Gasteiger partial charge in [0.2, 0.25) is 5.91 Å². The van der Waals surface area contributed by atoms with Crippen LogP contribution in [0.15, 0.2) is 24.3 Å². The van der Waals surface area contributed by atoms with Crippen LogP contribution in [0.2, 0.25) is 0 Å². The Kier molecular flexibility index (Phi) is 6.26. The van der Waals surface area contributed by atoms with E-state index in [1.54, 1.807) is 12.1 Å². The lowest BCUT2D eigenvalue weighted by molar-refractivity contribution is -0.125. The molecule has 0 bridgehead atoms. The van der Waals surface area contributed by atoms with E-state index in [-0.39, 0.29) is 23.9 Å². The maximum Gasteiger partial charge on any atom is 0.234 e. The van der Waals surface area contributed by atoms with Crippen molar-refractivity contribution >= 4 is 5.91 Å². The number of rotatable bonds is 6. The summed E-state index contributed by atoms with van der Waals surface area (Å²) in [4.78, 5) is 14.5. The molecule has 25 heavy (non-hydrogen) atoms. The molecule has 1 amide bonds. The smallest absolute Gasteiger partial charge is 0.234 e. The number of nitrogens with zero attached hydrogens (tertiary/aromatic N) is 1. The van der Waals surface area contributed by atoms with E-state index in [2.05, 4.69) is 10.2 Å². The van der Waals surface area contributed by atoms with Crippen molar-refractivity contribution in [3.8, 4) is 5.75 Å². The van der Waals surface area contributed by atoms with Gasteiger partial charge in [0.25, 0.3) is 0 Å². The molecule has 1 aromatic carbocycles. The van der Waals surface area contributed by atoms with E-state index in [9.17, 15) is 9.18 Å². The Morgan fingerprint density at radius 1 is 1.36 bits per heavy atom. The third-order valence-electron chi connectivity index (χ3n) is 5.06. The second kappa shape index (κ2) is 8.63. The molecule has 6 heteroatoms. The molecule has 0 radical (unpaired) electrons. The number of benzene rings is 1. The van der Waals surface area contributed by atoms with Crippen molar-refractivity contribution in [2.24, 2.45) is 0 Å². The summed E-state index contributed by atoms with van der Waals surface area (Å²) in [5.74, 6) is 0.135. The summed E-state index contributed by atoms with van der Waals surface area (Å²) in [7, 11) is 2.01. The number of amides is 1. The summed E-state index contributed by atoms with van der Waals surface area (Å²) in [6.07, 6.45) is 5.28. The third-order valence-corrected chi connectivity index (χ3v) is 5.06. The van der Waals surface area contributed by atoms with Gasteiger partial charge in [-0.1, -0.05) is 18.9 Å². The second-order valence-corrected chi connectivity index (χ2v) is 7.00. The van der Waals surface area contributed by atoms with Crippen molar-refractivity contribution in [1.82, 2.24) is 10.2 Å². The number of carbonyl (C=O) groups excluding carboxylic acids is 1. The largest absolute Gasteiger partial charge is 0.488 e. The van der Waals surface area contributed by atoms with Gasteiger partial charge in [-0.25, -0.2) is 4.39 Å². The van der Waals surface area contributed by atoms with Gasteiger partial charge in [-0.15, -0.1) is 0 Å². The van der Waals surface area contributed by atoms with E-state index in [0.29, 0.717) is 38.0 Å². The first-order chi connectivity index (χ1) is 12.1. The summed E-state index contributed by atoms with van der Waals surface area (Å²) >= 11 is 0. The summed E-state index contributed by atoms with van der Waals surface area (Å²) in [5, 5.41) is 3.03. The van der Waals surface area contributed by atoms with Crippen LogP contribution >= 0.6 is 0 Å². The lowest BCUT2D eigenvalue weighted by Crippen LogP contribution is -2.54. The molecule has 1 heterocycles. The Morgan fingerprint density at radius 2 is 2.16 bits per heavy atom. The average molecular weight is 350 g/mol. The Labute approximate surface area is 148 Å². The van der Waals surface area contributed by atoms with E-state index in [4.69, 9.17) is 9.47 Å². The summed E-state index contributed by atoms with van der Waals surface area (Å²) in [5.41, 5.74) is 0. The highest BCUT2D eigenvalue weighted by molar-refractivity contribution is 5.78. The van der Waals surface area contributed by atoms with E-state index < -0.39 is 0 Å². The van der Waals surface area contributed by atoms with Crippen molar-refractivity contribution in [1.29, 1.82) is 0 Å². The van der Waals surface area contributed by atoms with Gasteiger partial charge >= 0.3 is 0 Å². The summed E-state index contributed by atoms with van der Waals surface area (Å²) < 4.78 is 24.7. The quantitative estimate of drug-likeness (QED) is 0.856. The van der Waals surface area contributed by atoms with Crippen molar-refractivity contribution in [2.45, 2.75) is 50.3 Å². The molecule has 2 fully saturated rings. The highest BCUT2D eigenvalue weighted by atomic mass is 19.1. The molecule has 1 saturated heterocycles. The van der Waals surface area contributed by atoms with Gasteiger partial charge < -0.3 is 14.8 Å². The highest BCUT2D eigenvalue weighted by Crippen LogP contribution is 2.22. The zero-order chi connectivity index (χ0) is 17.6. The Bertz CT molecular complexity index is 578. The first-order valence-electron chi connectivity index (χ1n) is 9.11. The Hall–Kier alpha value is -1.66. The molecule has 2 unspecified atom stereocenters. The lowest BCUT2D eigenvalue weighted by atomic mass is 10.1. The van der Waals surface area contributed by atoms with Crippen LogP contribution in [-0.2, 0) is 9.53 Å². The number of halogens is 1. The molecule has 0 aromatic heterocycles. The molecule has 1 aliphatic carbocycles. The van der Waals surface area contributed by atoms with E-state index >= 15 is 0 Å². The predicted molar refractivity (Wildman–Crippen MR) is 93.1 cm³/mol. The molecule has 3 rings (SSSR count). The van der Waals surface area contributed by atoms with Crippen LogP contribution in [0.4, 0.5) is 4.39 Å². The molecule has 1 N–H and O–H groups in total. The van der Waals surface area contributed by atoms with Crippen LogP contribution in [0.25, 0.3) is 0 Å². The molecule has 1 saturated carbocycles. The van der Waals surface area contributed by atoms with Crippen LogP contribution in [0.1, 0.15) is 32.1 Å². The minimum absolute atomic E-state index is 0.0160. The normalized spacial score (nSPS) is 24.4. The number of likely N-dealkylation sites (N-methyl/N-ethyl adjacent to an activating group) is 1. The average Bonchev–Trinajstić information content (AvgIpc) is 3.11. The zero-order valence-electron chi connectivity index (χ0n) is 14.7. The number of hydrogen-bond acceptors (Lipinski definition) is 4. The minimum atomic E-state index is -0.330. The fraction of sp³-hybridized carbons (Fsp3) is 0.632. The molecule has 5 nitrogen and oxygen atoms in total. The topological polar surface area (TPSA) is 50.8 Å². The van der Waals surface area contributed by atoms with Gasteiger partial charge in [-0.2, -0.15) is 0 Å². The van der Waals surface area contributed by atoms with Crippen molar-refractivity contribution in [3.05, 3.63) is 30.1 Å². The molecule has 1 aliphatic heterocycles. The van der Waals surface area contributed by atoms with Gasteiger partial charge in [0.15, 0.2) is 0 Å². The van der Waals surface area contributed by atoms with Gasteiger partial charge in [0.1, 0.15) is 17.7 Å². The SMILES string of the molecule is CN(CC(=O)NC1COCCC1Oc1cccc(F)c1)C1CCCC1. The van der Waals surface area contributed by atoms with Gasteiger partial charge in [-0.3, -0.25) is 9.69 Å². The van der Waals surface area contributed by atoms with Crippen LogP contribution < -0.4 is 10.1 Å². The standard InChI is InChI=1S/C19H27FN2O3/c1-22(15-6-2-3-7-15)12-19(23)21-17-13-24-10-9-18(17)25-16-8-4-5-14(20)11-16/h4-5,8,11,15,17-18H,2-3,6-7,9-10,12-13H2,1H3,(H,21,23). The maximum absolute atomic E-state index is 13.3. The fourth-order valence-corrected chi connectivity index (χ4v) is 3.66. The molecule has 0 spiro atoms. The van der Waals surface area contributed by atoms with E-state index in [0.717, 1.165) is 0 Å². The fourth-order valence-electron chi connectivity index (χ4n) is 3.66. The summed E-state index contributed by atoms with van der Waals surface area (Å²) in [6.45, 7) is 1.38. The van der Waals surface area contributed by atoms with E-state index in [1.165, 1.54) is 37.8 Å². The zero-order valence-corrected chi connectivity index (χ0v) is 14.7. The maximum atomic E-state index is 13.3. The van der Waals surface area contributed by atoms with Crippen LogP contribution in [0.5, 0.6) is 5.75 Å². The van der Waals surface area contributed by atoms with Crippen molar-refractivity contribution < 1.29 is 18.7 Å². The molecule has 1 aromatic rings. The first-order valence-corrected chi connectivity index (χ1v) is 9.11. The minimum Gasteiger partial charge on any atom is -0.488 e. The van der Waals surface area contributed by atoms with Gasteiger partial charge in [0.05, 0.1) is 25.8 Å². The van der Waals surface area contributed by atoms with Crippen molar-refractivity contribution in [3.63, 3.8) is 0 Å². The Morgan fingerprint density at radius 3 is 2.92 bits per heavy atom. The van der Waals surface area contributed by atoms with Gasteiger partial charge in [-0.05, 0) is 32.0 Å². The Balaban J connectivity index is 1.54. The van der Waals surface area contributed by atoms with E-state index in [1.807, 2.05) is 7.05 Å². The number of nitrogens with one attached hydrogen (secondary N) is 1. The van der Waals surface area contributed by atoms with Crippen LogP contribution in [0.3, 0.4) is 0 Å². The molecular formula is C19H27FN2O3. The third kappa shape index (κ3) is 5.16. The second-order valence-electron chi connectivity index (χ2n) is 7.00. The van der Waals surface area contributed by atoms with Gasteiger partial charge in [0, 0.05) is 18.5 Å². The molecule has 2 atom stereocenters. The van der Waals surface area contributed by atoms with Crippen LogP contribution in [0, 0.1) is 5.82 Å². The molecule has 2 aliphatic rings. The number of carbonyl (C=O) groups is 1. The predicted octanol–water partition coefficient (Wildman–Crippen LogP) is 2.35. The monoisotopic (exact) mass is 350 g/mol. The number of hydrogen-bond donors (Lipinski definition) is 1.